The average Bonchev–Trinajstić information content (AvgIpc) is 3.64. The smallest absolute Gasteiger partial charge is 0.326 e. The van der Waals surface area contributed by atoms with Crippen LogP contribution in [0.4, 0.5) is 0 Å². The number of H-pyrrole nitrogens is 1. The van der Waals surface area contributed by atoms with Crippen LogP contribution >= 0.6 is 11.8 Å². The van der Waals surface area contributed by atoms with Gasteiger partial charge in [-0.1, -0.05) is 44.2 Å². The number of aliphatic imine (C=N–C) groups is 1. The fourth-order valence-corrected chi connectivity index (χ4v) is 7.08. The number of nitrogens with zero attached hydrogens (tertiary/aromatic N) is 1. The molecule has 0 unspecified atom stereocenters. The highest BCUT2D eigenvalue weighted by molar-refractivity contribution is 7.98. The van der Waals surface area contributed by atoms with Crippen molar-refractivity contribution in [2.24, 2.45) is 33.8 Å². The predicted molar refractivity (Wildman–Crippen MR) is 240 cm³/mol. The molecule has 3 aromatic rings. The monoisotopic (exact) mass is 881 g/mol. The van der Waals surface area contributed by atoms with E-state index >= 15 is 0 Å². The van der Waals surface area contributed by atoms with E-state index in [1.807, 2.05) is 30.5 Å². The van der Waals surface area contributed by atoms with Crippen molar-refractivity contribution >= 4 is 64.1 Å². The maximum Gasteiger partial charge on any atom is 0.326 e. The number of carboxylic acids is 1. The maximum absolute atomic E-state index is 14.2. The second kappa shape index (κ2) is 25.8. The van der Waals surface area contributed by atoms with Crippen LogP contribution in [0.15, 0.2) is 59.7 Å². The van der Waals surface area contributed by atoms with Crippen LogP contribution in [0.3, 0.4) is 0 Å². The molecule has 6 atom stereocenters. The number of carboxylic acid groups (broad SMARTS) is 1. The molecule has 20 heteroatoms. The highest BCUT2D eigenvalue weighted by Crippen LogP contribution is 2.19. The summed E-state index contributed by atoms with van der Waals surface area (Å²) in [5.74, 6) is -4.90. The number of aromatic hydroxyl groups is 1. The zero-order valence-electron chi connectivity index (χ0n) is 35.5. The van der Waals surface area contributed by atoms with Crippen molar-refractivity contribution in [3.8, 4) is 5.75 Å². The number of unbranched alkanes of at least 4 members (excludes halogenated alkanes) is 1. The highest BCUT2D eigenvalue weighted by Gasteiger charge is 2.34. The van der Waals surface area contributed by atoms with Gasteiger partial charge in [0.2, 0.25) is 29.5 Å². The van der Waals surface area contributed by atoms with Gasteiger partial charge in [0.15, 0.2) is 5.96 Å². The number of aromatic amines is 1. The fourth-order valence-electron chi connectivity index (χ4n) is 6.61. The summed E-state index contributed by atoms with van der Waals surface area (Å²) in [6.45, 7) is 3.86. The lowest BCUT2D eigenvalue weighted by Gasteiger charge is -2.28. The molecule has 0 saturated heterocycles. The number of benzene rings is 2. The molecular weight excluding hydrogens is 819 g/mol. The maximum atomic E-state index is 14.2. The number of aliphatic carboxylic acids is 1. The summed E-state index contributed by atoms with van der Waals surface area (Å²) in [4.78, 5) is 88.1. The lowest BCUT2D eigenvalue weighted by Crippen LogP contribution is -2.60. The number of nitrogens with two attached hydrogens (primary N) is 4. The van der Waals surface area contributed by atoms with E-state index < -0.39 is 77.7 Å². The Kier molecular flexibility index (Phi) is 21.0. The lowest BCUT2D eigenvalue weighted by molar-refractivity contribution is -0.142. The SMILES string of the molecule is CSCC[C@H](NC(=O)[C@H](Cc1ccc(O)cc1)NC(=O)[C@H](CCCCN)NC(=O)[C@@H](N)Cc1c[nH]c2ccccc12)C(=O)N[C@H](C(=O)N[C@@H](CCCN=C(N)N)C(=O)O)C(C)C. The number of hydrogen-bond acceptors (Lipinski definition) is 11. The Hall–Kier alpha value is -5.86. The molecule has 0 bridgehead atoms. The van der Waals surface area contributed by atoms with Crippen molar-refractivity contribution in [2.75, 3.05) is 25.1 Å². The normalized spacial score (nSPS) is 14.1. The lowest BCUT2D eigenvalue weighted by atomic mass is 10.0. The van der Waals surface area contributed by atoms with Gasteiger partial charge in [-0.15, -0.1) is 0 Å². The van der Waals surface area contributed by atoms with E-state index in [0.717, 1.165) is 16.5 Å². The molecule has 0 fully saturated rings. The molecule has 0 radical (unpaired) electrons. The largest absolute Gasteiger partial charge is 0.508 e. The van der Waals surface area contributed by atoms with Crippen LogP contribution in [-0.4, -0.2) is 118 Å². The minimum atomic E-state index is -1.29. The van der Waals surface area contributed by atoms with Crippen LogP contribution < -0.4 is 49.5 Å². The molecule has 0 spiro atoms. The van der Waals surface area contributed by atoms with Gasteiger partial charge in [-0.2, -0.15) is 11.8 Å². The third-order valence-electron chi connectivity index (χ3n) is 10.1. The van der Waals surface area contributed by atoms with Gasteiger partial charge in [0, 0.05) is 30.1 Å². The molecule has 0 aliphatic heterocycles. The molecule has 3 rings (SSSR count). The van der Waals surface area contributed by atoms with Gasteiger partial charge in [-0.05, 0) is 98.7 Å². The first-order valence-electron chi connectivity index (χ1n) is 20.6. The second-order valence-electron chi connectivity index (χ2n) is 15.4. The average molecular weight is 882 g/mol. The Morgan fingerprint density at radius 2 is 1.34 bits per heavy atom. The molecule has 19 nitrogen and oxygen atoms in total. The number of phenols is 1. The fraction of sp³-hybridized carbons (Fsp3) is 0.500. The molecule has 1 heterocycles. The van der Waals surface area contributed by atoms with Gasteiger partial charge < -0.3 is 64.7 Å². The molecule has 62 heavy (non-hydrogen) atoms. The summed E-state index contributed by atoms with van der Waals surface area (Å²) in [5, 5.41) is 34.1. The molecule has 340 valence electrons. The van der Waals surface area contributed by atoms with Crippen molar-refractivity contribution in [3.63, 3.8) is 0 Å². The van der Waals surface area contributed by atoms with Crippen LogP contribution in [0.5, 0.6) is 5.75 Å². The molecular formula is C42H63N11O8S. The van der Waals surface area contributed by atoms with Crippen molar-refractivity contribution < 1.29 is 39.0 Å². The van der Waals surface area contributed by atoms with E-state index in [2.05, 4.69) is 36.6 Å². The highest BCUT2D eigenvalue weighted by atomic mass is 32.2. The van der Waals surface area contributed by atoms with Gasteiger partial charge in [-0.3, -0.25) is 29.0 Å². The van der Waals surface area contributed by atoms with E-state index in [1.54, 1.807) is 32.2 Å². The Morgan fingerprint density at radius 1 is 0.742 bits per heavy atom. The van der Waals surface area contributed by atoms with Crippen LogP contribution in [0, 0.1) is 5.92 Å². The summed E-state index contributed by atoms with van der Waals surface area (Å²) < 4.78 is 0. The Morgan fingerprint density at radius 3 is 1.98 bits per heavy atom. The van der Waals surface area contributed by atoms with E-state index in [-0.39, 0.29) is 56.8 Å². The minimum Gasteiger partial charge on any atom is -0.508 e. The minimum absolute atomic E-state index is 0.0106. The van der Waals surface area contributed by atoms with Crippen molar-refractivity contribution in [1.29, 1.82) is 0 Å². The Bertz CT molecular complexity index is 1970. The zero-order chi connectivity index (χ0) is 45.8. The zero-order valence-corrected chi connectivity index (χ0v) is 36.3. The van der Waals surface area contributed by atoms with Crippen LogP contribution in [-0.2, 0) is 41.6 Å². The van der Waals surface area contributed by atoms with Crippen molar-refractivity contribution in [3.05, 3.63) is 65.9 Å². The summed E-state index contributed by atoms with van der Waals surface area (Å²) in [7, 11) is 0. The number of amides is 5. The number of carbonyl (C=O) groups excluding carboxylic acids is 5. The third-order valence-corrected chi connectivity index (χ3v) is 10.7. The number of aromatic nitrogens is 1. The number of fused-ring (bicyclic) bond motifs is 1. The summed E-state index contributed by atoms with van der Waals surface area (Å²) >= 11 is 1.42. The Balaban J connectivity index is 1.82. The summed E-state index contributed by atoms with van der Waals surface area (Å²) in [6.07, 6.45) is 5.40. The quantitative estimate of drug-likeness (QED) is 0.0275. The number of carbonyl (C=O) groups is 6. The van der Waals surface area contributed by atoms with Crippen LogP contribution in [0.25, 0.3) is 10.9 Å². The first kappa shape index (κ1) is 50.5. The number of phenolic OH excluding ortho intramolecular Hbond substituents is 1. The number of thioether (sulfide) groups is 1. The van der Waals surface area contributed by atoms with E-state index in [1.165, 1.54) is 23.9 Å². The Labute approximate surface area is 365 Å². The molecule has 1 aromatic heterocycles. The molecule has 5 amide bonds. The van der Waals surface area contributed by atoms with Gasteiger partial charge in [0.1, 0.15) is 36.0 Å². The first-order valence-corrected chi connectivity index (χ1v) is 22.0. The molecule has 0 saturated carbocycles. The van der Waals surface area contributed by atoms with Crippen LogP contribution in [0.2, 0.25) is 0 Å². The van der Waals surface area contributed by atoms with Gasteiger partial charge in [-0.25, -0.2) is 4.79 Å². The van der Waals surface area contributed by atoms with Gasteiger partial charge >= 0.3 is 5.97 Å². The standard InChI is InChI=1S/C42H63N11O8S/c1-24(2)35(40(59)51-33(41(60)61)12-8-19-47-42(45)46)53-38(57)32(17-20-62-3)50-39(58)34(21-25-13-15-27(54)16-14-25)52-37(56)31(11-6-7-18-43)49-36(55)29(44)22-26-23-48-30-10-5-4-9-28(26)30/h4-5,9-10,13-16,23-24,29,31-35,48,54H,6-8,11-12,17-22,43-44H2,1-3H3,(H,49,55)(H,50,58)(H,51,59)(H,52,56)(H,53,57)(H,60,61)(H4,45,46,47)/t29-,31-,32-,33-,34-,35-/m0/s1. The number of rotatable bonds is 27. The van der Waals surface area contributed by atoms with Crippen molar-refractivity contribution in [1.82, 2.24) is 31.6 Å². The number of guanidine groups is 1. The third kappa shape index (κ3) is 16.5. The number of para-hydroxylation sites is 1. The topological polar surface area (TPSA) is 335 Å². The van der Waals surface area contributed by atoms with Gasteiger partial charge in [0.05, 0.1) is 6.04 Å². The number of hydrogen-bond donors (Lipinski definition) is 12. The van der Waals surface area contributed by atoms with E-state index in [0.29, 0.717) is 30.7 Å². The molecule has 0 aliphatic rings. The second-order valence-corrected chi connectivity index (χ2v) is 16.4. The van der Waals surface area contributed by atoms with E-state index in [9.17, 15) is 39.0 Å². The number of nitrogens with one attached hydrogen (secondary N) is 6. The molecule has 2 aromatic carbocycles. The molecule has 0 aliphatic carbocycles. The predicted octanol–water partition coefficient (Wildman–Crippen LogP) is 0.0863. The van der Waals surface area contributed by atoms with Crippen LogP contribution in [0.1, 0.15) is 63.5 Å². The molecule has 16 N–H and O–H groups in total. The summed E-state index contributed by atoms with van der Waals surface area (Å²) in [6, 6.07) is 6.61. The first-order chi connectivity index (χ1) is 29.5. The summed E-state index contributed by atoms with van der Waals surface area (Å²) in [5.41, 5.74) is 25.1. The van der Waals surface area contributed by atoms with E-state index in [4.69, 9.17) is 22.9 Å². The van der Waals surface area contributed by atoms with Crippen molar-refractivity contribution in [2.45, 2.75) is 101 Å². The van der Waals surface area contributed by atoms with Gasteiger partial charge in [0.25, 0.3) is 0 Å².